The summed E-state index contributed by atoms with van der Waals surface area (Å²) >= 11 is 3.21. The minimum atomic E-state index is -0.726. The summed E-state index contributed by atoms with van der Waals surface area (Å²) in [4.78, 5) is 16.0. The predicted octanol–water partition coefficient (Wildman–Crippen LogP) is 5.64. The van der Waals surface area contributed by atoms with Gasteiger partial charge in [-0.1, -0.05) is 18.2 Å². The number of carbonyl (C=O) groups is 1. The van der Waals surface area contributed by atoms with Crippen molar-refractivity contribution in [3.8, 4) is 0 Å². The number of carbonyl (C=O) groups excluding carboxylic acids is 1. The van der Waals surface area contributed by atoms with Crippen molar-refractivity contribution in [1.82, 2.24) is 0 Å². The minimum absolute atomic E-state index is 0.0821. The number of hydrogen-bond acceptors (Lipinski definition) is 4. The second kappa shape index (κ2) is 8.54. The third-order valence-corrected chi connectivity index (χ3v) is 5.99. The number of halogens is 2. The van der Waals surface area contributed by atoms with Crippen molar-refractivity contribution in [2.45, 2.75) is 10.6 Å². The number of anilines is 2. The van der Waals surface area contributed by atoms with Crippen LogP contribution in [0.2, 0.25) is 0 Å². The van der Waals surface area contributed by atoms with Crippen LogP contribution in [0.25, 0.3) is 0 Å². The molecule has 140 valence electrons. The maximum Gasteiger partial charge on any atom is 0.256 e. The van der Waals surface area contributed by atoms with Crippen LogP contribution in [0.5, 0.6) is 0 Å². The van der Waals surface area contributed by atoms with Gasteiger partial charge in [0.1, 0.15) is 5.69 Å². The Labute approximate surface area is 165 Å². The smallest absolute Gasteiger partial charge is 0.256 e. The molecular formula is C20H18F2N2OS2. The molecular weight excluding hydrogens is 386 g/mol. The molecule has 1 heterocycles. The molecule has 7 heteroatoms. The molecule has 0 atom stereocenters. The molecule has 0 aliphatic heterocycles. The third kappa shape index (κ3) is 4.67. The van der Waals surface area contributed by atoms with E-state index in [-0.39, 0.29) is 11.4 Å². The van der Waals surface area contributed by atoms with Crippen molar-refractivity contribution in [1.29, 1.82) is 0 Å². The molecule has 0 saturated carbocycles. The van der Waals surface area contributed by atoms with Gasteiger partial charge in [-0.05, 0) is 35.7 Å². The van der Waals surface area contributed by atoms with E-state index >= 15 is 0 Å². The molecule has 0 unspecified atom stereocenters. The Morgan fingerprint density at radius 1 is 1.11 bits per heavy atom. The van der Waals surface area contributed by atoms with E-state index in [1.54, 1.807) is 49.3 Å². The summed E-state index contributed by atoms with van der Waals surface area (Å²) in [7, 11) is 3.11. The van der Waals surface area contributed by atoms with Crippen LogP contribution in [-0.2, 0) is 5.75 Å². The second-order valence-electron chi connectivity index (χ2n) is 6.00. The molecule has 0 aliphatic rings. The van der Waals surface area contributed by atoms with Gasteiger partial charge in [0, 0.05) is 35.3 Å². The molecule has 0 fully saturated rings. The Hall–Kier alpha value is -2.38. The largest absolute Gasteiger partial charge is 0.373 e. The number of thioether (sulfide) groups is 1. The van der Waals surface area contributed by atoms with Crippen molar-refractivity contribution in [3.05, 3.63) is 76.0 Å². The Kier molecular flexibility index (Phi) is 6.13. The zero-order valence-corrected chi connectivity index (χ0v) is 16.5. The fourth-order valence-corrected chi connectivity index (χ4v) is 4.41. The Morgan fingerprint density at radius 2 is 1.81 bits per heavy atom. The summed E-state index contributed by atoms with van der Waals surface area (Å²) < 4.78 is 28.3. The van der Waals surface area contributed by atoms with Crippen LogP contribution < -0.4 is 10.2 Å². The highest BCUT2D eigenvalue weighted by atomic mass is 32.2. The number of benzene rings is 2. The molecule has 0 radical (unpaired) electrons. The number of amides is 1. The van der Waals surface area contributed by atoms with Gasteiger partial charge >= 0.3 is 0 Å². The van der Waals surface area contributed by atoms with Crippen LogP contribution >= 0.6 is 23.1 Å². The molecule has 27 heavy (non-hydrogen) atoms. The first-order chi connectivity index (χ1) is 13.0. The molecule has 1 amide bonds. The lowest BCUT2D eigenvalue weighted by Gasteiger charge is -2.16. The van der Waals surface area contributed by atoms with Gasteiger partial charge < -0.3 is 10.2 Å². The summed E-state index contributed by atoms with van der Waals surface area (Å²) in [6, 6.07) is 13.5. The third-order valence-electron chi connectivity index (χ3n) is 3.80. The lowest BCUT2D eigenvalue weighted by atomic mass is 10.2. The van der Waals surface area contributed by atoms with Gasteiger partial charge in [-0.25, -0.2) is 8.78 Å². The molecule has 3 rings (SSSR count). The highest BCUT2D eigenvalue weighted by Gasteiger charge is 2.16. The average molecular weight is 405 g/mol. The molecule has 0 bridgehead atoms. The predicted molar refractivity (Wildman–Crippen MR) is 109 cm³/mol. The maximum atomic E-state index is 14.1. The van der Waals surface area contributed by atoms with Gasteiger partial charge in [-0.15, -0.1) is 23.1 Å². The van der Waals surface area contributed by atoms with Gasteiger partial charge in [-0.2, -0.15) is 0 Å². The fourth-order valence-electron chi connectivity index (χ4n) is 2.59. The molecule has 1 N–H and O–H groups in total. The SMILES string of the molecule is CN(C)c1c(F)cc(NC(=O)c2ccccc2SCc2cccs2)cc1F. The number of nitrogens with zero attached hydrogens (tertiary/aromatic N) is 1. The fraction of sp³-hybridized carbons (Fsp3) is 0.150. The normalized spacial score (nSPS) is 10.7. The highest BCUT2D eigenvalue weighted by molar-refractivity contribution is 7.98. The monoisotopic (exact) mass is 404 g/mol. The summed E-state index contributed by atoms with van der Waals surface area (Å²) in [6.45, 7) is 0. The van der Waals surface area contributed by atoms with Gasteiger partial charge in [-0.3, -0.25) is 4.79 Å². The van der Waals surface area contributed by atoms with Crippen molar-refractivity contribution < 1.29 is 13.6 Å². The highest BCUT2D eigenvalue weighted by Crippen LogP contribution is 2.29. The standard InChI is InChI=1S/C20H18F2N2OS2/c1-24(2)19-16(21)10-13(11-17(19)22)23-20(25)15-7-3-4-8-18(15)27-12-14-6-5-9-26-14/h3-11H,12H2,1-2H3,(H,23,25). The van der Waals surface area contributed by atoms with Crippen LogP contribution in [0.1, 0.15) is 15.2 Å². The van der Waals surface area contributed by atoms with E-state index in [2.05, 4.69) is 5.32 Å². The molecule has 1 aromatic heterocycles. The second-order valence-corrected chi connectivity index (χ2v) is 8.05. The summed E-state index contributed by atoms with van der Waals surface area (Å²) in [5.74, 6) is -1.10. The van der Waals surface area contributed by atoms with Gasteiger partial charge in [0.2, 0.25) is 0 Å². The van der Waals surface area contributed by atoms with Crippen LogP contribution in [0.3, 0.4) is 0 Å². The van der Waals surface area contributed by atoms with Crippen molar-refractivity contribution in [3.63, 3.8) is 0 Å². The van der Waals surface area contributed by atoms with E-state index in [0.717, 1.165) is 22.8 Å². The number of hydrogen-bond donors (Lipinski definition) is 1. The minimum Gasteiger partial charge on any atom is -0.373 e. The first-order valence-corrected chi connectivity index (χ1v) is 10.0. The average Bonchev–Trinajstić information content (AvgIpc) is 3.12. The Morgan fingerprint density at radius 3 is 2.44 bits per heavy atom. The molecule has 0 spiro atoms. The molecule has 0 aliphatic carbocycles. The molecule has 2 aromatic carbocycles. The van der Waals surface area contributed by atoms with Crippen molar-refractivity contribution in [2.75, 3.05) is 24.3 Å². The van der Waals surface area contributed by atoms with Gasteiger partial charge in [0.25, 0.3) is 5.91 Å². The number of thiophene rings is 1. The van der Waals surface area contributed by atoms with Crippen molar-refractivity contribution >= 4 is 40.4 Å². The summed E-state index contributed by atoms with van der Waals surface area (Å²) in [5, 5.41) is 4.60. The van der Waals surface area contributed by atoms with E-state index < -0.39 is 17.5 Å². The zero-order valence-electron chi connectivity index (χ0n) is 14.8. The number of nitrogens with one attached hydrogen (secondary N) is 1. The number of rotatable bonds is 6. The van der Waals surface area contributed by atoms with Gasteiger partial charge in [0.05, 0.1) is 5.56 Å². The van der Waals surface area contributed by atoms with Crippen LogP contribution in [-0.4, -0.2) is 20.0 Å². The lowest BCUT2D eigenvalue weighted by Crippen LogP contribution is -2.16. The summed E-state index contributed by atoms with van der Waals surface area (Å²) in [5.41, 5.74) is 0.412. The van der Waals surface area contributed by atoms with E-state index in [9.17, 15) is 13.6 Å². The van der Waals surface area contributed by atoms with Gasteiger partial charge in [0.15, 0.2) is 11.6 Å². The van der Waals surface area contributed by atoms with E-state index in [0.29, 0.717) is 5.56 Å². The van der Waals surface area contributed by atoms with E-state index in [1.807, 2.05) is 29.6 Å². The zero-order chi connectivity index (χ0) is 19.4. The first kappa shape index (κ1) is 19.4. The molecule has 0 saturated heterocycles. The van der Waals surface area contributed by atoms with Crippen LogP contribution in [0, 0.1) is 11.6 Å². The molecule has 3 aromatic rings. The lowest BCUT2D eigenvalue weighted by molar-refractivity contribution is 0.102. The van der Waals surface area contributed by atoms with Crippen LogP contribution in [0.15, 0.2) is 58.8 Å². The first-order valence-electron chi connectivity index (χ1n) is 8.17. The topological polar surface area (TPSA) is 32.3 Å². The molecule has 3 nitrogen and oxygen atoms in total. The van der Waals surface area contributed by atoms with E-state index in [1.165, 1.54) is 9.78 Å². The van der Waals surface area contributed by atoms with Crippen molar-refractivity contribution in [2.24, 2.45) is 0 Å². The van der Waals surface area contributed by atoms with Crippen LogP contribution in [0.4, 0.5) is 20.2 Å². The quantitative estimate of drug-likeness (QED) is 0.540. The van der Waals surface area contributed by atoms with E-state index in [4.69, 9.17) is 0 Å². The summed E-state index contributed by atoms with van der Waals surface area (Å²) in [6.07, 6.45) is 0. The maximum absolute atomic E-state index is 14.1. The Bertz CT molecular complexity index is 920. The Balaban J connectivity index is 1.78.